The van der Waals surface area contributed by atoms with Gasteiger partial charge in [0.25, 0.3) is 0 Å². The van der Waals surface area contributed by atoms with Crippen molar-refractivity contribution < 1.29 is 4.74 Å². The van der Waals surface area contributed by atoms with Gasteiger partial charge in [-0.3, -0.25) is 0 Å². The molecule has 0 amide bonds. The Morgan fingerprint density at radius 2 is 1.85 bits per heavy atom. The van der Waals surface area contributed by atoms with Crippen LogP contribution in [-0.2, 0) is 4.74 Å². The van der Waals surface area contributed by atoms with E-state index in [0.717, 1.165) is 40.0 Å². The highest BCUT2D eigenvalue weighted by molar-refractivity contribution is 7.80. The van der Waals surface area contributed by atoms with Crippen LogP contribution in [0.2, 0.25) is 0 Å². The van der Waals surface area contributed by atoms with Crippen LogP contribution < -0.4 is 5.32 Å². The van der Waals surface area contributed by atoms with Gasteiger partial charge in [-0.2, -0.15) is 0 Å². The monoisotopic (exact) mass is 397 g/mol. The van der Waals surface area contributed by atoms with Gasteiger partial charge in [0.1, 0.15) is 5.01 Å². The Bertz CT molecular complexity index is 957. The summed E-state index contributed by atoms with van der Waals surface area (Å²) >= 11 is 7.32. The number of thiocarbonyl (C=S) groups is 1. The molecule has 3 aromatic rings. The molecule has 0 spiro atoms. The number of rotatable bonds is 2. The zero-order chi connectivity index (χ0) is 19.0. The molecule has 0 saturated carbocycles. The second kappa shape index (κ2) is 7.54. The molecule has 1 aliphatic rings. The van der Waals surface area contributed by atoms with Gasteiger partial charge in [0.05, 0.1) is 22.4 Å². The van der Waals surface area contributed by atoms with E-state index in [1.54, 1.807) is 11.3 Å². The molecule has 2 atom stereocenters. The molecule has 2 heterocycles. The maximum absolute atomic E-state index is 5.78. The molecule has 4 rings (SSSR count). The lowest BCUT2D eigenvalue weighted by atomic mass is 10.2. The van der Waals surface area contributed by atoms with Crippen molar-refractivity contribution in [3.63, 3.8) is 0 Å². The third-order valence-corrected chi connectivity index (χ3v) is 6.06. The predicted octanol–water partition coefficient (Wildman–Crippen LogP) is 5.08. The molecular formula is C21H23N3OS2. The van der Waals surface area contributed by atoms with Crippen molar-refractivity contribution in [1.82, 2.24) is 9.88 Å². The average molecular weight is 398 g/mol. The predicted molar refractivity (Wildman–Crippen MR) is 118 cm³/mol. The zero-order valence-electron chi connectivity index (χ0n) is 15.7. The van der Waals surface area contributed by atoms with Crippen molar-refractivity contribution in [3.05, 3.63) is 48.0 Å². The van der Waals surface area contributed by atoms with Gasteiger partial charge in [-0.05, 0) is 75.0 Å². The largest absolute Gasteiger partial charge is 0.372 e. The summed E-state index contributed by atoms with van der Waals surface area (Å²) in [5.74, 6) is 0. The fourth-order valence-corrected chi connectivity index (χ4v) is 4.73. The minimum atomic E-state index is 0.193. The fourth-order valence-electron chi connectivity index (χ4n) is 3.40. The number of nitrogens with one attached hydrogen (secondary N) is 1. The van der Waals surface area contributed by atoms with Crippen LogP contribution in [0.4, 0.5) is 5.69 Å². The molecule has 27 heavy (non-hydrogen) atoms. The summed E-state index contributed by atoms with van der Waals surface area (Å²) in [5, 5.41) is 5.14. The smallest absolute Gasteiger partial charge is 0.173 e. The molecule has 0 bridgehead atoms. The second-order valence-electron chi connectivity index (χ2n) is 7.16. The molecule has 1 saturated heterocycles. The first-order chi connectivity index (χ1) is 13.0. The van der Waals surface area contributed by atoms with Crippen molar-refractivity contribution in [3.8, 4) is 10.6 Å². The molecule has 4 nitrogen and oxygen atoms in total. The number of ether oxygens (including phenoxy) is 1. The number of aryl methyl sites for hydroxylation is 1. The van der Waals surface area contributed by atoms with E-state index in [2.05, 4.69) is 73.5 Å². The molecule has 2 aromatic carbocycles. The van der Waals surface area contributed by atoms with Crippen LogP contribution >= 0.6 is 23.6 Å². The van der Waals surface area contributed by atoms with Crippen LogP contribution in [0.25, 0.3) is 20.8 Å². The number of nitrogens with zero attached hydrogens (tertiary/aromatic N) is 2. The van der Waals surface area contributed by atoms with Crippen molar-refractivity contribution in [1.29, 1.82) is 0 Å². The van der Waals surface area contributed by atoms with E-state index in [9.17, 15) is 0 Å². The van der Waals surface area contributed by atoms with Crippen molar-refractivity contribution in [2.75, 3.05) is 18.4 Å². The number of aromatic nitrogens is 1. The van der Waals surface area contributed by atoms with E-state index in [1.165, 1.54) is 10.3 Å². The number of hydrogen-bond donors (Lipinski definition) is 1. The van der Waals surface area contributed by atoms with Crippen LogP contribution in [0.3, 0.4) is 0 Å². The number of benzene rings is 2. The third-order valence-electron chi connectivity index (χ3n) is 4.63. The summed E-state index contributed by atoms with van der Waals surface area (Å²) in [6.07, 6.45) is 0.386. The lowest BCUT2D eigenvalue weighted by molar-refractivity contribution is -0.0473. The lowest BCUT2D eigenvalue weighted by Crippen LogP contribution is -2.49. The first kappa shape index (κ1) is 18.3. The fraction of sp³-hybridized carbons (Fsp3) is 0.333. The summed E-state index contributed by atoms with van der Waals surface area (Å²) in [4.78, 5) is 6.93. The second-order valence-corrected chi connectivity index (χ2v) is 8.58. The summed E-state index contributed by atoms with van der Waals surface area (Å²) in [7, 11) is 0. The summed E-state index contributed by atoms with van der Waals surface area (Å²) < 4.78 is 7.00. The maximum Gasteiger partial charge on any atom is 0.173 e. The quantitative estimate of drug-likeness (QED) is 0.611. The van der Waals surface area contributed by atoms with Gasteiger partial charge in [0.2, 0.25) is 0 Å². The number of morpholine rings is 1. The third kappa shape index (κ3) is 4.13. The molecule has 0 radical (unpaired) electrons. The summed E-state index contributed by atoms with van der Waals surface area (Å²) in [6, 6.07) is 14.7. The summed E-state index contributed by atoms with van der Waals surface area (Å²) in [6.45, 7) is 7.91. The minimum Gasteiger partial charge on any atom is -0.372 e. The Hall–Kier alpha value is -2.02. The molecule has 0 aliphatic carbocycles. The Morgan fingerprint density at radius 3 is 2.56 bits per heavy atom. The van der Waals surface area contributed by atoms with Gasteiger partial charge in [-0.15, -0.1) is 11.3 Å². The van der Waals surface area contributed by atoms with Crippen molar-refractivity contribution >= 4 is 44.6 Å². The zero-order valence-corrected chi connectivity index (χ0v) is 17.4. The lowest BCUT2D eigenvalue weighted by Gasteiger charge is -2.36. The molecular weight excluding hydrogens is 374 g/mol. The highest BCUT2D eigenvalue weighted by atomic mass is 32.1. The van der Waals surface area contributed by atoms with E-state index in [-0.39, 0.29) is 12.2 Å². The number of thiazole rings is 1. The highest BCUT2D eigenvalue weighted by Crippen LogP contribution is 2.31. The Balaban J connectivity index is 1.47. The molecule has 1 aliphatic heterocycles. The van der Waals surface area contributed by atoms with Crippen LogP contribution in [0.1, 0.15) is 19.4 Å². The van der Waals surface area contributed by atoms with E-state index in [4.69, 9.17) is 21.9 Å². The minimum absolute atomic E-state index is 0.193. The number of hydrogen-bond acceptors (Lipinski definition) is 4. The highest BCUT2D eigenvalue weighted by Gasteiger charge is 2.23. The number of anilines is 1. The van der Waals surface area contributed by atoms with Gasteiger partial charge >= 0.3 is 0 Å². The van der Waals surface area contributed by atoms with Gasteiger partial charge in [0.15, 0.2) is 5.11 Å². The normalized spacial score (nSPS) is 20.0. The van der Waals surface area contributed by atoms with Crippen molar-refractivity contribution in [2.45, 2.75) is 33.0 Å². The van der Waals surface area contributed by atoms with E-state index in [0.29, 0.717) is 0 Å². The molecule has 1 fully saturated rings. The van der Waals surface area contributed by atoms with Crippen molar-refractivity contribution in [2.24, 2.45) is 0 Å². The molecule has 1 aromatic heterocycles. The van der Waals surface area contributed by atoms with Gasteiger partial charge in [-0.1, -0.05) is 6.07 Å². The van der Waals surface area contributed by atoms with Gasteiger partial charge in [-0.25, -0.2) is 4.98 Å². The molecule has 2 unspecified atom stereocenters. The van der Waals surface area contributed by atoms with Crippen LogP contribution in [0.5, 0.6) is 0 Å². The Labute approximate surface area is 169 Å². The first-order valence-corrected chi connectivity index (χ1v) is 10.4. The standard InChI is InChI=1S/C21H23N3OS2/c1-13-4-9-18-19(10-13)27-20(23-18)16-5-7-17(8-6-16)22-21(26)24-11-14(2)25-15(3)12-24/h4-10,14-15H,11-12H2,1-3H3,(H,22,26). The van der Waals surface area contributed by atoms with Crippen LogP contribution in [0.15, 0.2) is 42.5 Å². The van der Waals surface area contributed by atoms with Gasteiger partial charge < -0.3 is 15.0 Å². The number of fused-ring (bicyclic) bond motifs is 1. The Kier molecular flexibility index (Phi) is 5.12. The Morgan fingerprint density at radius 1 is 1.15 bits per heavy atom. The van der Waals surface area contributed by atoms with E-state index < -0.39 is 0 Å². The SMILES string of the molecule is Cc1ccc2nc(-c3ccc(NC(=S)N4CC(C)OC(C)C4)cc3)sc2c1. The molecule has 6 heteroatoms. The van der Waals surface area contributed by atoms with Gasteiger partial charge in [0, 0.05) is 24.3 Å². The molecule has 140 valence electrons. The first-order valence-electron chi connectivity index (χ1n) is 9.17. The average Bonchev–Trinajstić information content (AvgIpc) is 3.04. The maximum atomic E-state index is 5.78. The van der Waals surface area contributed by atoms with E-state index in [1.807, 2.05) is 0 Å². The van der Waals surface area contributed by atoms with Crippen LogP contribution in [0, 0.1) is 6.92 Å². The van der Waals surface area contributed by atoms with Crippen LogP contribution in [-0.4, -0.2) is 40.3 Å². The molecule has 1 N–H and O–H groups in total. The summed E-state index contributed by atoms with van der Waals surface area (Å²) in [5.41, 5.74) is 4.43. The van der Waals surface area contributed by atoms with E-state index >= 15 is 0 Å². The topological polar surface area (TPSA) is 37.4 Å².